The van der Waals surface area contributed by atoms with Crippen molar-refractivity contribution in [3.8, 4) is 0 Å². The number of hydrogen-bond donors (Lipinski definition) is 3. The lowest BCUT2D eigenvalue weighted by molar-refractivity contribution is -0.140. The first-order valence-electron chi connectivity index (χ1n) is 5.45. The molecule has 16 heavy (non-hydrogen) atoms. The summed E-state index contributed by atoms with van der Waals surface area (Å²) in [6, 6.07) is 0. The molecule has 0 spiro atoms. The highest BCUT2D eigenvalue weighted by Gasteiger charge is 2.25. The van der Waals surface area contributed by atoms with E-state index in [0.29, 0.717) is 31.7 Å². The third-order valence-electron chi connectivity index (χ3n) is 2.29. The minimum Gasteiger partial charge on any atom is -0.481 e. The third-order valence-corrected chi connectivity index (χ3v) is 2.29. The standard InChI is InChI=1S/C7H9NO3.C4H10O/c9-4-5-3-8-2-1-6(5)7(10)11;1-2-3-4-5/h6,8H,1-3H2,(H,10,11);5H,2-4H2,1H3. The number of nitrogens with one attached hydrogen (secondary N) is 1. The lowest BCUT2D eigenvalue weighted by Gasteiger charge is -2.19. The predicted molar refractivity (Wildman–Crippen MR) is 59.8 cm³/mol. The van der Waals surface area contributed by atoms with Crippen molar-refractivity contribution in [3.63, 3.8) is 0 Å². The van der Waals surface area contributed by atoms with Crippen LogP contribution in [0.25, 0.3) is 0 Å². The van der Waals surface area contributed by atoms with Gasteiger partial charge in [-0.05, 0) is 19.4 Å². The molecular formula is C11H19NO4. The fraction of sp³-hybridized carbons (Fsp3) is 0.727. The quantitative estimate of drug-likeness (QED) is 0.602. The Kier molecular flexibility index (Phi) is 8.43. The van der Waals surface area contributed by atoms with Gasteiger partial charge in [-0.3, -0.25) is 4.79 Å². The second-order valence-corrected chi connectivity index (χ2v) is 3.56. The summed E-state index contributed by atoms with van der Waals surface area (Å²) in [4.78, 5) is 20.7. The normalized spacial score (nSPS) is 19.4. The van der Waals surface area contributed by atoms with Crippen molar-refractivity contribution in [1.82, 2.24) is 5.32 Å². The topological polar surface area (TPSA) is 86.6 Å². The van der Waals surface area contributed by atoms with E-state index in [9.17, 15) is 9.59 Å². The number of aliphatic hydroxyl groups is 1. The molecule has 0 aromatic rings. The van der Waals surface area contributed by atoms with E-state index >= 15 is 0 Å². The lowest BCUT2D eigenvalue weighted by Crippen LogP contribution is -2.34. The molecule has 0 bridgehead atoms. The van der Waals surface area contributed by atoms with Gasteiger partial charge in [0.25, 0.3) is 0 Å². The fourth-order valence-electron chi connectivity index (χ4n) is 1.30. The molecule has 5 heteroatoms. The summed E-state index contributed by atoms with van der Waals surface area (Å²) in [5.74, 6) is 0.116. The Hall–Kier alpha value is -1.16. The van der Waals surface area contributed by atoms with Crippen LogP contribution in [0.3, 0.4) is 0 Å². The number of aliphatic hydroxyl groups excluding tert-OH is 1. The summed E-state index contributed by atoms with van der Waals surface area (Å²) in [5.41, 5.74) is 0.323. The van der Waals surface area contributed by atoms with E-state index in [0.717, 1.165) is 12.8 Å². The Balaban J connectivity index is 0.000000385. The van der Waals surface area contributed by atoms with Crippen LogP contribution in [0.1, 0.15) is 26.2 Å². The Bertz CT molecular complexity index is 257. The highest BCUT2D eigenvalue weighted by atomic mass is 16.4. The third kappa shape index (κ3) is 5.66. The van der Waals surface area contributed by atoms with Crippen LogP contribution in [0.4, 0.5) is 0 Å². The number of rotatable bonds is 3. The van der Waals surface area contributed by atoms with E-state index in [1.165, 1.54) is 0 Å². The SMILES string of the molecule is CCCCO.O=C=C1CNCCC1C(=O)O. The van der Waals surface area contributed by atoms with E-state index in [-0.39, 0.29) is 0 Å². The van der Waals surface area contributed by atoms with Crippen molar-refractivity contribution in [2.75, 3.05) is 19.7 Å². The smallest absolute Gasteiger partial charge is 0.311 e. The molecule has 1 aliphatic rings. The average molecular weight is 229 g/mol. The van der Waals surface area contributed by atoms with Crippen LogP contribution in [-0.4, -0.2) is 41.8 Å². The molecular weight excluding hydrogens is 210 g/mol. The summed E-state index contributed by atoms with van der Waals surface area (Å²) in [5, 5.41) is 19.6. The van der Waals surface area contributed by atoms with Gasteiger partial charge in [-0.25, -0.2) is 4.79 Å². The number of carbonyl (C=O) groups excluding carboxylic acids is 1. The molecule has 0 radical (unpaired) electrons. The number of aliphatic carboxylic acids is 1. The maximum absolute atomic E-state index is 10.5. The van der Waals surface area contributed by atoms with Gasteiger partial charge in [0.1, 0.15) is 5.94 Å². The van der Waals surface area contributed by atoms with Crippen LogP contribution in [-0.2, 0) is 9.59 Å². The summed E-state index contributed by atoms with van der Waals surface area (Å²) >= 11 is 0. The van der Waals surface area contributed by atoms with Gasteiger partial charge in [-0.1, -0.05) is 13.3 Å². The van der Waals surface area contributed by atoms with E-state index in [1.54, 1.807) is 5.94 Å². The van der Waals surface area contributed by atoms with Crippen LogP contribution in [0, 0.1) is 5.92 Å². The molecule has 5 nitrogen and oxygen atoms in total. The Morgan fingerprint density at radius 1 is 1.62 bits per heavy atom. The summed E-state index contributed by atoms with van der Waals surface area (Å²) in [6.07, 6.45) is 2.52. The van der Waals surface area contributed by atoms with Crippen molar-refractivity contribution < 1.29 is 19.8 Å². The Labute approximate surface area is 95.2 Å². The molecule has 1 heterocycles. The van der Waals surface area contributed by atoms with Gasteiger partial charge in [-0.2, -0.15) is 0 Å². The molecule has 0 aromatic heterocycles. The molecule has 1 saturated heterocycles. The van der Waals surface area contributed by atoms with Gasteiger partial charge in [0.15, 0.2) is 0 Å². The Morgan fingerprint density at radius 2 is 2.31 bits per heavy atom. The van der Waals surface area contributed by atoms with E-state index in [2.05, 4.69) is 12.2 Å². The van der Waals surface area contributed by atoms with Crippen molar-refractivity contribution in [3.05, 3.63) is 5.57 Å². The van der Waals surface area contributed by atoms with E-state index in [1.807, 2.05) is 0 Å². The highest BCUT2D eigenvalue weighted by molar-refractivity contribution is 5.78. The zero-order valence-electron chi connectivity index (χ0n) is 9.53. The number of carboxylic acids is 1. The predicted octanol–water partition coefficient (Wildman–Crippen LogP) is 0.217. The number of unbranched alkanes of at least 4 members (excludes halogenated alkanes) is 1. The lowest BCUT2D eigenvalue weighted by atomic mass is 9.94. The zero-order chi connectivity index (χ0) is 12.4. The first-order chi connectivity index (χ1) is 7.67. The molecule has 3 N–H and O–H groups in total. The number of carbonyl (C=O) groups is 1. The van der Waals surface area contributed by atoms with Crippen molar-refractivity contribution in [2.24, 2.45) is 5.92 Å². The minimum atomic E-state index is -0.926. The molecule has 92 valence electrons. The average Bonchev–Trinajstić information content (AvgIpc) is 2.31. The molecule has 0 aromatic carbocycles. The Morgan fingerprint density at radius 3 is 2.62 bits per heavy atom. The van der Waals surface area contributed by atoms with E-state index < -0.39 is 11.9 Å². The maximum Gasteiger partial charge on any atom is 0.311 e. The molecule has 0 saturated carbocycles. The second kappa shape index (κ2) is 9.09. The first kappa shape index (κ1) is 14.8. The van der Waals surface area contributed by atoms with E-state index in [4.69, 9.17) is 10.2 Å². The van der Waals surface area contributed by atoms with Crippen LogP contribution >= 0.6 is 0 Å². The van der Waals surface area contributed by atoms with Crippen molar-refractivity contribution in [2.45, 2.75) is 26.2 Å². The van der Waals surface area contributed by atoms with Crippen LogP contribution in [0.5, 0.6) is 0 Å². The second-order valence-electron chi connectivity index (χ2n) is 3.56. The van der Waals surface area contributed by atoms with Crippen molar-refractivity contribution in [1.29, 1.82) is 0 Å². The molecule has 1 atom stereocenters. The monoisotopic (exact) mass is 229 g/mol. The molecule has 0 amide bonds. The number of carboxylic acid groups (broad SMARTS) is 1. The number of hydrogen-bond acceptors (Lipinski definition) is 4. The fourth-order valence-corrected chi connectivity index (χ4v) is 1.30. The van der Waals surface area contributed by atoms with Gasteiger partial charge in [0.2, 0.25) is 0 Å². The molecule has 1 rings (SSSR count). The van der Waals surface area contributed by atoms with Gasteiger partial charge in [0.05, 0.1) is 5.92 Å². The number of piperidine rings is 1. The minimum absolute atomic E-state index is 0.323. The van der Waals surface area contributed by atoms with Gasteiger partial charge in [0, 0.05) is 18.7 Å². The largest absolute Gasteiger partial charge is 0.481 e. The highest BCUT2D eigenvalue weighted by Crippen LogP contribution is 2.15. The van der Waals surface area contributed by atoms with Crippen LogP contribution < -0.4 is 5.32 Å². The van der Waals surface area contributed by atoms with Gasteiger partial charge in [-0.15, -0.1) is 0 Å². The summed E-state index contributed by atoms with van der Waals surface area (Å²) < 4.78 is 0. The zero-order valence-corrected chi connectivity index (χ0v) is 9.53. The van der Waals surface area contributed by atoms with Gasteiger partial charge >= 0.3 is 5.97 Å². The van der Waals surface area contributed by atoms with Crippen LogP contribution in [0.15, 0.2) is 5.57 Å². The van der Waals surface area contributed by atoms with Crippen LogP contribution in [0.2, 0.25) is 0 Å². The molecule has 1 unspecified atom stereocenters. The molecule has 1 aliphatic heterocycles. The van der Waals surface area contributed by atoms with Crippen molar-refractivity contribution >= 4 is 11.9 Å². The van der Waals surface area contributed by atoms with Gasteiger partial charge < -0.3 is 15.5 Å². The molecule has 1 fully saturated rings. The summed E-state index contributed by atoms with van der Waals surface area (Å²) in [6.45, 7) is 3.41. The summed E-state index contributed by atoms with van der Waals surface area (Å²) in [7, 11) is 0. The first-order valence-corrected chi connectivity index (χ1v) is 5.45. The maximum atomic E-state index is 10.5. The molecule has 0 aliphatic carbocycles.